The van der Waals surface area contributed by atoms with Gasteiger partial charge in [0, 0.05) is 31.3 Å². The highest BCUT2D eigenvalue weighted by Crippen LogP contribution is 2.30. The highest BCUT2D eigenvalue weighted by atomic mass is 32.2. The molecule has 1 aliphatic rings. The van der Waals surface area contributed by atoms with Crippen LogP contribution in [0.1, 0.15) is 35.9 Å². The van der Waals surface area contributed by atoms with Crippen molar-refractivity contribution in [1.82, 2.24) is 20.3 Å². The van der Waals surface area contributed by atoms with Crippen LogP contribution in [-0.4, -0.2) is 48.0 Å². The summed E-state index contributed by atoms with van der Waals surface area (Å²) in [6.45, 7) is 4.36. The van der Waals surface area contributed by atoms with E-state index < -0.39 is 9.84 Å². The van der Waals surface area contributed by atoms with Crippen LogP contribution in [0, 0.1) is 6.92 Å². The van der Waals surface area contributed by atoms with Crippen LogP contribution in [0.3, 0.4) is 0 Å². The molecule has 3 heterocycles. The van der Waals surface area contributed by atoms with Crippen LogP contribution in [-0.2, 0) is 16.4 Å². The summed E-state index contributed by atoms with van der Waals surface area (Å²) in [4.78, 5) is 2.59. The second kappa shape index (κ2) is 5.85. The van der Waals surface area contributed by atoms with E-state index >= 15 is 0 Å². The van der Waals surface area contributed by atoms with Gasteiger partial charge in [-0.1, -0.05) is 5.16 Å². The van der Waals surface area contributed by atoms with Crippen LogP contribution in [0.15, 0.2) is 21.7 Å². The number of aryl methyl sites for hydroxylation is 1. The average Bonchev–Trinajstić information content (AvgIpc) is 3.07. The van der Waals surface area contributed by atoms with Gasteiger partial charge in [-0.25, -0.2) is 8.42 Å². The lowest BCUT2D eigenvalue weighted by atomic mass is 9.95. The van der Waals surface area contributed by atoms with Gasteiger partial charge in [-0.05, 0) is 26.3 Å². The maximum atomic E-state index is 11.8. The van der Waals surface area contributed by atoms with Crippen LogP contribution >= 0.6 is 0 Å². The number of nitrogens with zero attached hydrogens (tertiary/aromatic N) is 3. The fraction of sp³-hybridized carbons (Fsp3) is 0.571. The summed E-state index contributed by atoms with van der Waals surface area (Å²) in [7, 11) is -3.25. The van der Waals surface area contributed by atoms with Gasteiger partial charge in [-0.3, -0.25) is 10.00 Å². The second-order valence-electron chi connectivity index (χ2n) is 5.92. The number of H-pyrrole nitrogens is 1. The minimum atomic E-state index is -3.25. The van der Waals surface area contributed by atoms with Crippen LogP contribution in [0.25, 0.3) is 0 Å². The number of aromatic nitrogens is 3. The molecule has 0 bridgehead atoms. The van der Waals surface area contributed by atoms with Gasteiger partial charge in [0.25, 0.3) is 0 Å². The molecule has 2 aromatic heterocycles. The summed E-state index contributed by atoms with van der Waals surface area (Å²) in [6.07, 6.45) is 4.60. The molecule has 120 valence electrons. The summed E-state index contributed by atoms with van der Waals surface area (Å²) in [5, 5.41) is 10.8. The number of piperidine rings is 1. The van der Waals surface area contributed by atoms with Crippen LogP contribution < -0.4 is 0 Å². The van der Waals surface area contributed by atoms with Crippen molar-refractivity contribution in [3.63, 3.8) is 0 Å². The van der Waals surface area contributed by atoms with Crippen molar-refractivity contribution in [3.05, 3.63) is 29.4 Å². The number of hydrogen-bond donors (Lipinski definition) is 1. The lowest BCUT2D eigenvalue weighted by molar-refractivity contribution is 0.192. The van der Waals surface area contributed by atoms with Crippen LogP contribution in [0.2, 0.25) is 0 Å². The molecule has 7 nitrogen and oxygen atoms in total. The predicted octanol–water partition coefficient (Wildman–Crippen LogP) is 1.49. The third-order valence-corrected chi connectivity index (χ3v) is 5.13. The number of rotatable bonds is 4. The first-order valence-corrected chi connectivity index (χ1v) is 9.20. The third-order valence-electron chi connectivity index (χ3n) is 4.01. The molecule has 1 fully saturated rings. The summed E-state index contributed by atoms with van der Waals surface area (Å²) in [5.41, 5.74) is 1.63. The molecule has 1 N–H and O–H groups in total. The fourth-order valence-electron chi connectivity index (χ4n) is 3.03. The first-order valence-electron chi connectivity index (χ1n) is 7.31. The normalized spacial score (nSPS) is 20.4. The van der Waals surface area contributed by atoms with Crippen molar-refractivity contribution < 1.29 is 12.9 Å². The van der Waals surface area contributed by atoms with E-state index in [1.807, 2.05) is 13.0 Å². The molecule has 1 unspecified atom stereocenters. The minimum Gasteiger partial charge on any atom is -0.361 e. The summed E-state index contributed by atoms with van der Waals surface area (Å²) in [6, 6.07) is 1.93. The molecule has 0 saturated carbocycles. The molecule has 0 amide bonds. The number of hydrogen-bond acceptors (Lipinski definition) is 6. The zero-order valence-corrected chi connectivity index (χ0v) is 13.6. The molecule has 22 heavy (non-hydrogen) atoms. The van der Waals surface area contributed by atoms with E-state index in [1.165, 1.54) is 12.5 Å². The first-order chi connectivity index (χ1) is 10.4. The number of sulfone groups is 1. The monoisotopic (exact) mass is 324 g/mol. The van der Waals surface area contributed by atoms with Gasteiger partial charge < -0.3 is 4.52 Å². The van der Waals surface area contributed by atoms with Crippen LogP contribution in [0.5, 0.6) is 0 Å². The fourth-order valence-corrected chi connectivity index (χ4v) is 3.89. The van der Waals surface area contributed by atoms with Crippen molar-refractivity contribution >= 4 is 9.84 Å². The quantitative estimate of drug-likeness (QED) is 0.916. The average molecular weight is 324 g/mol. The number of nitrogens with one attached hydrogen (secondary N) is 1. The Bertz CT molecular complexity index is 750. The molecule has 1 aliphatic heterocycles. The van der Waals surface area contributed by atoms with Gasteiger partial charge in [-0.15, -0.1) is 0 Å². The molecule has 1 saturated heterocycles. The molecular weight excluding hydrogens is 304 g/mol. The van der Waals surface area contributed by atoms with Crippen molar-refractivity contribution in [3.8, 4) is 0 Å². The molecule has 0 aliphatic carbocycles. The van der Waals surface area contributed by atoms with E-state index in [1.54, 1.807) is 0 Å². The Morgan fingerprint density at radius 1 is 1.50 bits per heavy atom. The lowest BCUT2D eigenvalue weighted by Crippen LogP contribution is -2.34. The van der Waals surface area contributed by atoms with Crippen LogP contribution in [0.4, 0.5) is 0 Å². The highest BCUT2D eigenvalue weighted by molar-refractivity contribution is 7.90. The highest BCUT2D eigenvalue weighted by Gasteiger charge is 2.28. The molecular formula is C14H20N4O3S. The Kier molecular flexibility index (Phi) is 4.05. The zero-order valence-electron chi connectivity index (χ0n) is 12.7. The van der Waals surface area contributed by atoms with Gasteiger partial charge in [0.05, 0.1) is 17.6 Å². The van der Waals surface area contributed by atoms with E-state index in [-0.39, 0.29) is 5.92 Å². The SMILES string of the molecule is Cc1cc(CN2CCCC(c3[nH]ncc3S(C)(=O)=O)C2)no1. The Morgan fingerprint density at radius 2 is 2.32 bits per heavy atom. The van der Waals surface area contributed by atoms with Gasteiger partial charge in [0.15, 0.2) is 9.84 Å². The molecule has 1 atom stereocenters. The topological polar surface area (TPSA) is 92.1 Å². The maximum Gasteiger partial charge on any atom is 0.178 e. The summed E-state index contributed by atoms with van der Waals surface area (Å²) < 4.78 is 28.8. The summed E-state index contributed by atoms with van der Waals surface area (Å²) >= 11 is 0. The van der Waals surface area contributed by atoms with E-state index in [0.29, 0.717) is 4.90 Å². The molecule has 2 aromatic rings. The van der Waals surface area contributed by atoms with Gasteiger partial charge >= 0.3 is 0 Å². The van der Waals surface area contributed by atoms with E-state index in [9.17, 15) is 8.42 Å². The molecule has 8 heteroatoms. The van der Waals surface area contributed by atoms with Crippen molar-refractivity contribution in [2.45, 2.75) is 37.1 Å². The van der Waals surface area contributed by atoms with Gasteiger partial charge in [0.2, 0.25) is 0 Å². The molecule has 0 aromatic carbocycles. The van der Waals surface area contributed by atoms with Crippen molar-refractivity contribution in [2.24, 2.45) is 0 Å². The first kappa shape index (κ1) is 15.2. The molecule has 3 rings (SSSR count). The van der Waals surface area contributed by atoms with Gasteiger partial charge in [0.1, 0.15) is 10.7 Å². The van der Waals surface area contributed by atoms with E-state index in [0.717, 1.165) is 49.6 Å². The zero-order chi connectivity index (χ0) is 15.7. The van der Waals surface area contributed by atoms with Crippen molar-refractivity contribution in [2.75, 3.05) is 19.3 Å². The van der Waals surface area contributed by atoms with E-state index in [2.05, 4.69) is 20.3 Å². The largest absolute Gasteiger partial charge is 0.361 e. The third kappa shape index (κ3) is 3.22. The molecule has 0 spiro atoms. The number of likely N-dealkylation sites (tertiary alicyclic amines) is 1. The van der Waals surface area contributed by atoms with Gasteiger partial charge in [-0.2, -0.15) is 5.10 Å². The predicted molar refractivity (Wildman–Crippen MR) is 80.2 cm³/mol. The smallest absolute Gasteiger partial charge is 0.178 e. The summed E-state index contributed by atoms with van der Waals surface area (Å²) in [5.74, 6) is 0.950. The number of aromatic amines is 1. The lowest BCUT2D eigenvalue weighted by Gasteiger charge is -2.31. The van der Waals surface area contributed by atoms with E-state index in [4.69, 9.17) is 4.52 Å². The molecule has 0 radical (unpaired) electrons. The second-order valence-corrected chi connectivity index (χ2v) is 7.91. The Hall–Kier alpha value is -1.67. The maximum absolute atomic E-state index is 11.8. The Labute approximate surface area is 129 Å². The van der Waals surface area contributed by atoms with Crippen molar-refractivity contribution in [1.29, 1.82) is 0 Å². The standard InChI is InChI=1S/C14H20N4O3S/c1-10-6-12(17-21-10)9-18-5-3-4-11(8-18)14-13(7-15-16-14)22(2,19)20/h6-7,11H,3-5,8-9H2,1-2H3,(H,15,16). The Morgan fingerprint density at radius 3 is 3.00 bits per heavy atom. The Balaban J connectivity index is 1.75. The minimum absolute atomic E-state index is 0.147.